The highest BCUT2D eigenvalue weighted by Crippen LogP contribution is 2.39. The van der Waals surface area contributed by atoms with Crippen LogP contribution in [-0.2, 0) is 4.79 Å². The fourth-order valence-electron chi connectivity index (χ4n) is 2.73. The molecule has 1 saturated carbocycles. The lowest BCUT2D eigenvalue weighted by Gasteiger charge is -2.37. The maximum absolute atomic E-state index is 12.6. The molecule has 1 aromatic heterocycles. The highest BCUT2D eigenvalue weighted by atomic mass is 79.9. The van der Waals surface area contributed by atoms with Crippen molar-refractivity contribution in [2.75, 3.05) is 11.9 Å². The van der Waals surface area contributed by atoms with Crippen molar-refractivity contribution in [2.24, 2.45) is 17.1 Å². The number of amides is 1. The molecular formula is C15H22BrN3O. The minimum absolute atomic E-state index is 0.0374. The normalized spacial score (nSPS) is 26.3. The Morgan fingerprint density at radius 2 is 2.20 bits per heavy atom. The molecule has 3 N–H and O–H groups in total. The van der Waals surface area contributed by atoms with Crippen molar-refractivity contribution >= 4 is 27.5 Å². The Morgan fingerprint density at radius 3 is 2.75 bits per heavy atom. The van der Waals surface area contributed by atoms with Crippen molar-refractivity contribution < 1.29 is 4.79 Å². The predicted octanol–water partition coefficient (Wildman–Crippen LogP) is 3.25. The smallest absolute Gasteiger partial charge is 0.231 e. The number of aryl methyl sites for hydroxylation is 1. The summed E-state index contributed by atoms with van der Waals surface area (Å²) in [6, 6.07) is 1.92. The molecule has 5 heteroatoms. The van der Waals surface area contributed by atoms with Gasteiger partial charge in [0, 0.05) is 6.54 Å². The lowest BCUT2D eigenvalue weighted by atomic mass is 9.70. The van der Waals surface area contributed by atoms with Gasteiger partial charge >= 0.3 is 0 Å². The minimum atomic E-state index is -0.409. The van der Waals surface area contributed by atoms with E-state index in [1.54, 1.807) is 6.20 Å². The maximum Gasteiger partial charge on any atom is 0.231 e. The Kier molecular flexibility index (Phi) is 4.81. The number of nitrogens with two attached hydrogens (primary N) is 1. The molecule has 1 aliphatic rings. The topological polar surface area (TPSA) is 68.0 Å². The SMILES string of the molecule is Cc1cc(NC(=O)C2(CN)CCC(C)CC2)cnc1Br. The fraction of sp³-hybridized carbons (Fsp3) is 0.600. The van der Waals surface area contributed by atoms with Gasteiger partial charge in [-0.25, -0.2) is 4.98 Å². The van der Waals surface area contributed by atoms with Crippen LogP contribution in [-0.4, -0.2) is 17.4 Å². The molecule has 0 atom stereocenters. The largest absolute Gasteiger partial charge is 0.329 e. The number of halogens is 1. The maximum atomic E-state index is 12.6. The Hall–Kier alpha value is -0.940. The van der Waals surface area contributed by atoms with Crippen LogP contribution in [0.3, 0.4) is 0 Å². The number of anilines is 1. The van der Waals surface area contributed by atoms with Crippen molar-refractivity contribution in [1.29, 1.82) is 0 Å². The zero-order valence-corrected chi connectivity index (χ0v) is 13.7. The Bertz CT molecular complexity index is 496. The number of nitrogens with zero attached hydrogens (tertiary/aromatic N) is 1. The molecular weight excluding hydrogens is 318 g/mol. The average Bonchev–Trinajstić information content (AvgIpc) is 2.44. The third-order valence-corrected chi connectivity index (χ3v) is 5.21. The number of carbonyl (C=O) groups is 1. The summed E-state index contributed by atoms with van der Waals surface area (Å²) in [5.74, 6) is 0.731. The lowest BCUT2D eigenvalue weighted by molar-refractivity contribution is -0.127. The average molecular weight is 340 g/mol. The second-order valence-electron chi connectivity index (χ2n) is 5.95. The third-order valence-electron chi connectivity index (χ3n) is 4.38. The van der Waals surface area contributed by atoms with Crippen LogP contribution >= 0.6 is 15.9 Å². The zero-order chi connectivity index (χ0) is 14.8. The first-order valence-corrected chi connectivity index (χ1v) is 7.90. The van der Waals surface area contributed by atoms with Gasteiger partial charge in [0.2, 0.25) is 5.91 Å². The van der Waals surface area contributed by atoms with Crippen LogP contribution in [0.4, 0.5) is 5.69 Å². The summed E-state index contributed by atoms with van der Waals surface area (Å²) in [4.78, 5) is 16.8. The number of hydrogen-bond acceptors (Lipinski definition) is 3. The van der Waals surface area contributed by atoms with Crippen molar-refractivity contribution in [3.8, 4) is 0 Å². The van der Waals surface area contributed by atoms with Crippen LogP contribution in [0.25, 0.3) is 0 Å². The Balaban J connectivity index is 2.11. The van der Waals surface area contributed by atoms with Gasteiger partial charge in [-0.05, 0) is 66.1 Å². The van der Waals surface area contributed by atoms with Gasteiger partial charge in [-0.2, -0.15) is 0 Å². The molecule has 0 spiro atoms. The molecule has 1 fully saturated rings. The van der Waals surface area contributed by atoms with E-state index in [1.807, 2.05) is 13.0 Å². The van der Waals surface area contributed by atoms with Crippen molar-refractivity contribution in [1.82, 2.24) is 4.98 Å². The van der Waals surface area contributed by atoms with Gasteiger partial charge < -0.3 is 11.1 Å². The number of carbonyl (C=O) groups excluding carboxylic acids is 1. The van der Waals surface area contributed by atoms with Crippen LogP contribution in [0.5, 0.6) is 0 Å². The molecule has 1 heterocycles. The van der Waals surface area contributed by atoms with Gasteiger partial charge in [0.05, 0.1) is 17.3 Å². The van der Waals surface area contributed by atoms with Crippen LogP contribution in [0.2, 0.25) is 0 Å². The first-order chi connectivity index (χ1) is 9.47. The summed E-state index contributed by atoms with van der Waals surface area (Å²) in [6.07, 6.45) is 5.56. The predicted molar refractivity (Wildman–Crippen MR) is 84.4 cm³/mol. The highest BCUT2D eigenvalue weighted by molar-refractivity contribution is 9.10. The highest BCUT2D eigenvalue weighted by Gasteiger charge is 2.39. The Morgan fingerprint density at radius 1 is 1.55 bits per heavy atom. The van der Waals surface area contributed by atoms with Gasteiger partial charge in [-0.1, -0.05) is 6.92 Å². The monoisotopic (exact) mass is 339 g/mol. The molecule has 0 bridgehead atoms. The summed E-state index contributed by atoms with van der Waals surface area (Å²) >= 11 is 3.36. The van der Waals surface area contributed by atoms with E-state index in [9.17, 15) is 4.79 Å². The van der Waals surface area contributed by atoms with Crippen molar-refractivity contribution in [2.45, 2.75) is 39.5 Å². The molecule has 0 saturated heterocycles. The minimum Gasteiger partial charge on any atom is -0.329 e. The van der Waals surface area contributed by atoms with Crippen LogP contribution in [0.1, 0.15) is 38.2 Å². The number of pyridine rings is 1. The van der Waals surface area contributed by atoms with Crippen LogP contribution in [0.15, 0.2) is 16.9 Å². The van der Waals surface area contributed by atoms with E-state index in [0.717, 1.165) is 41.5 Å². The standard InChI is InChI=1S/C15H22BrN3O/c1-10-3-5-15(9-17,6-4-10)14(20)19-12-7-11(2)13(16)18-8-12/h7-8,10H,3-6,9,17H2,1-2H3,(H,19,20). The molecule has 0 radical (unpaired) electrons. The quantitative estimate of drug-likeness (QED) is 0.830. The molecule has 20 heavy (non-hydrogen) atoms. The molecule has 1 aliphatic carbocycles. The number of nitrogens with one attached hydrogen (secondary N) is 1. The van der Waals surface area contributed by atoms with Crippen molar-refractivity contribution in [3.05, 3.63) is 22.4 Å². The number of hydrogen-bond donors (Lipinski definition) is 2. The van der Waals surface area contributed by atoms with Gasteiger partial charge in [-0.15, -0.1) is 0 Å². The van der Waals surface area contributed by atoms with E-state index in [-0.39, 0.29) is 5.91 Å². The van der Waals surface area contributed by atoms with Crippen LogP contribution < -0.4 is 11.1 Å². The summed E-state index contributed by atoms with van der Waals surface area (Å²) in [7, 11) is 0. The molecule has 0 aliphatic heterocycles. The van der Waals surface area contributed by atoms with Gasteiger partial charge in [0.15, 0.2) is 0 Å². The van der Waals surface area contributed by atoms with E-state index in [1.165, 1.54) is 0 Å². The van der Waals surface area contributed by atoms with E-state index in [2.05, 4.69) is 33.2 Å². The van der Waals surface area contributed by atoms with E-state index < -0.39 is 5.41 Å². The molecule has 2 rings (SSSR count). The lowest BCUT2D eigenvalue weighted by Crippen LogP contribution is -2.44. The van der Waals surface area contributed by atoms with Crippen molar-refractivity contribution in [3.63, 3.8) is 0 Å². The molecule has 4 nitrogen and oxygen atoms in total. The molecule has 1 aromatic rings. The zero-order valence-electron chi connectivity index (χ0n) is 12.1. The van der Waals surface area contributed by atoms with E-state index >= 15 is 0 Å². The Labute approximate surface area is 128 Å². The third kappa shape index (κ3) is 3.20. The molecule has 0 unspecified atom stereocenters. The second-order valence-corrected chi connectivity index (χ2v) is 6.70. The first-order valence-electron chi connectivity index (χ1n) is 7.10. The molecule has 0 aromatic carbocycles. The van der Waals surface area contributed by atoms with E-state index in [0.29, 0.717) is 12.5 Å². The molecule has 110 valence electrons. The summed E-state index contributed by atoms with van der Waals surface area (Å²) in [5, 5.41) is 2.98. The van der Waals surface area contributed by atoms with Crippen LogP contribution in [0, 0.1) is 18.3 Å². The molecule has 1 amide bonds. The summed E-state index contributed by atoms with van der Waals surface area (Å²) in [5.41, 5.74) is 7.24. The summed E-state index contributed by atoms with van der Waals surface area (Å²) < 4.78 is 0.801. The van der Waals surface area contributed by atoms with Gasteiger partial charge in [0.25, 0.3) is 0 Å². The number of aromatic nitrogens is 1. The first kappa shape index (κ1) is 15.4. The van der Waals surface area contributed by atoms with E-state index in [4.69, 9.17) is 5.73 Å². The van der Waals surface area contributed by atoms with Gasteiger partial charge in [0.1, 0.15) is 4.60 Å². The fourth-order valence-corrected chi connectivity index (χ4v) is 2.95. The summed E-state index contributed by atoms with van der Waals surface area (Å²) in [6.45, 7) is 4.60. The second kappa shape index (κ2) is 6.22. The van der Waals surface area contributed by atoms with Gasteiger partial charge in [-0.3, -0.25) is 4.79 Å². The number of rotatable bonds is 3.